The van der Waals surface area contributed by atoms with Crippen LogP contribution in [0.15, 0.2) is 206 Å². The van der Waals surface area contributed by atoms with Gasteiger partial charge in [0.05, 0.1) is 11.4 Å². The molecule has 0 unspecified atom stereocenters. The molecule has 0 saturated heterocycles. The third kappa shape index (κ3) is 6.68. The molecule has 2 heterocycles. The molecular weight excluding hydrogens is 773 g/mol. The largest absolute Gasteiger partial charge is 0.311 e. The summed E-state index contributed by atoms with van der Waals surface area (Å²) in [5.41, 5.74) is 19.3. The lowest BCUT2D eigenvalue weighted by molar-refractivity contribution is 0.590. The van der Waals surface area contributed by atoms with Gasteiger partial charge < -0.3 is 14.7 Å². The molecule has 0 amide bonds. The van der Waals surface area contributed by atoms with Crippen molar-refractivity contribution in [3.63, 3.8) is 0 Å². The normalized spacial score (nSPS) is 13.1. The van der Waals surface area contributed by atoms with Crippen molar-refractivity contribution in [1.29, 1.82) is 0 Å². The standard InChI is InChI=1S/C60H52BN3/c1-59(2,3)44-29-33-47(34-30-44)63-53-27-17-15-25-51(53)61-52-26-16-18-28-54(52)64(48-35-31-45(32-36-48)60(4,5)6)57-40-49(39-56(63)58(57)61)62(46-23-11-8-12-24-46)55-38-43-22-14-13-21-42(43)37-50(55)41-19-9-7-10-20-41/h7-40H,1-6H3. The molecule has 0 atom stereocenters. The van der Waals surface area contributed by atoms with Crippen molar-refractivity contribution in [2.75, 3.05) is 14.7 Å². The summed E-state index contributed by atoms with van der Waals surface area (Å²) in [6.45, 7) is 13.8. The Morgan fingerprint density at radius 2 is 0.828 bits per heavy atom. The average Bonchev–Trinajstić information content (AvgIpc) is 3.31. The van der Waals surface area contributed by atoms with E-state index in [0.29, 0.717) is 0 Å². The van der Waals surface area contributed by atoms with E-state index in [-0.39, 0.29) is 17.5 Å². The quantitative estimate of drug-likeness (QED) is 0.155. The molecule has 0 saturated carbocycles. The number of nitrogens with zero attached hydrogens (tertiary/aromatic N) is 3. The van der Waals surface area contributed by atoms with E-state index >= 15 is 0 Å². The second-order valence-electron chi connectivity index (χ2n) is 19.5. The molecule has 4 heteroatoms. The smallest absolute Gasteiger partial charge is 0.252 e. The first-order chi connectivity index (χ1) is 31.0. The van der Waals surface area contributed by atoms with Crippen molar-refractivity contribution >= 4 is 85.1 Å². The summed E-state index contributed by atoms with van der Waals surface area (Å²) in [7, 11) is 0. The van der Waals surface area contributed by atoms with Gasteiger partial charge in [0, 0.05) is 45.4 Å². The van der Waals surface area contributed by atoms with E-state index in [0.717, 1.165) is 28.4 Å². The van der Waals surface area contributed by atoms with Crippen LogP contribution < -0.4 is 31.1 Å². The van der Waals surface area contributed by atoms with E-state index in [9.17, 15) is 0 Å². The maximum absolute atomic E-state index is 2.52. The summed E-state index contributed by atoms with van der Waals surface area (Å²) in [5, 5.41) is 2.41. The van der Waals surface area contributed by atoms with Crippen LogP contribution in [-0.2, 0) is 10.8 Å². The Hall–Kier alpha value is -7.30. The lowest BCUT2D eigenvalue weighted by atomic mass is 9.33. The molecule has 2 aliphatic rings. The van der Waals surface area contributed by atoms with Crippen LogP contribution in [0.5, 0.6) is 0 Å². The zero-order valence-corrected chi connectivity index (χ0v) is 37.5. The number of fused-ring (bicyclic) bond motifs is 5. The monoisotopic (exact) mass is 825 g/mol. The first-order valence-corrected chi connectivity index (χ1v) is 22.6. The Labute approximate surface area is 379 Å². The van der Waals surface area contributed by atoms with Crippen LogP contribution in [0.3, 0.4) is 0 Å². The topological polar surface area (TPSA) is 9.72 Å². The Morgan fingerprint density at radius 1 is 0.391 bits per heavy atom. The number of anilines is 9. The van der Waals surface area contributed by atoms with E-state index in [1.807, 2.05) is 0 Å². The van der Waals surface area contributed by atoms with Gasteiger partial charge >= 0.3 is 0 Å². The molecule has 64 heavy (non-hydrogen) atoms. The lowest BCUT2D eigenvalue weighted by Gasteiger charge is -2.45. The molecular formula is C60H52BN3. The van der Waals surface area contributed by atoms with Crippen LogP contribution >= 0.6 is 0 Å². The fourth-order valence-electron chi connectivity index (χ4n) is 10.1. The molecule has 0 spiro atoms. The average molecular weight is 826 g/mol. The molecule has 0 fully saturated rings. The predicted octanol–water partition coefficient (Wildman–Crippen LogP) is 14.7. The summed E-state index contributed by atoms with van der Waals surface area (Å²) in [4.78, 5) is 7.54. The SMILES string of the molecule is CC(C)(C)c1ccc(N2c3ccccc3B3c4ccccc4N(c4ccc(C(C)(C)C)cc4)c4cc(N(c5ccccc5)c5cc6ccccc6cc5-c5ccccc5)cc2c43)cc1. The van der Waals surface area contributed by atoms with Gasteiger partial charge in [0.2, 0.25) is 0 Å². The molecule has 310 valence electrons. The number of para-hydroxylation sites is 3. The van der Waals surface area contributed by atoms with Gasteiger partial charge in [-0.2, -0.15) is 0 Å². The lowest BCUT2D eigenvalue weighted by Crippen LogP contribution is -2.61. The van der Waals surface area contributed by atoms with Crippen LogP contribution in [0, 0.1) is 0 Å². The summed E-state index contributed by atoms with van der Waals surface area (Å²) >= 11 is 0. The first kappa shape index (κ1) is 39.5. The zero-order chi connectivity index (χ0) is 43.7. The number of rotatable bonds is 6. The van der Waals surface area contributed by atoms with E-state index < -0.39 is 0 Å². The second kappa shape index (κ2) is 15.2. The van der Waals surface area contributed by atoms with Crippen molar-refractivity contribution in [2.45, 2.75) is 52.4 Å². The summed E-state index contributed by atoms with van der Waals surface area (Å²) in [5.74, 6) is 0. The molecule has 3 nitrogen and oxygen atoms in total. The maximum Gasteiger partial charge on any atom is 0.252 e. The number of hydrogen-bond donors (Lipinski definition) is 0. The van der Waals surface area contributed by atoms with Gasteiger partial charge in [0.1, 0.15) is 0 Å². The number of hydrogen-bond acceptors (Lipinski definition) is 3. The summed E-state index contributed by atoms with van der Waals surface area (Å²) in [6.07, 6.45) is 0. The van der Waals surface area contributed by atoms with Crippen molar-refractivity contribution in [3.8, 4) is 11.1 Å². The van der Waals surface area contributed by atoms with E-state index in [1.54, 1.807) is 0 Å². The third-order valence-electron chi connectivity index (χ3n) is 13.3. The van der Waals surface area contributed by atoms with Crippen LogP contribution in [0.4, 0.5) is 51.2 Å². The van der Waals surface area contributed by atoms with Crippen LogP contribution in [0.1, 0.15) is 52.7 Å². The minimum atomic E-state index is 0.0207. The summed E-state index contributed by atoms with van der Waals surface area (Å²) < 4.78 is 0. The van der Waals surface area contributed by atoms with Crippen molar-refractivity contribution in [2.24, 2.45) is 0 Å². The zero-order valence-electron chi connectivity index (χ0n) is 37.5. The van der Waals surface area contributed by atoms with Crippen LogP contribution in [0.25, 0.3) is 21.9 Å². The van der Waals surface area contributed by atoms with Gasteiger partial charge in [-0.3, -0.25) is 0 Å². The molecule has 0 radical (unpaired) electrons. The van der Waals surface area contributed by atoms with Crippen LogP contribution in [-0.4, -0.2) is 6.71 Å². The fourth-order valence-corrected chi connectivity index (χ4v) is 10.1. The molecule has 11 rings (SSSR count). The number of benzene rings is 9. The fraction of sp³-hybridized carbons (Fsp3) is 0.133. The Bertz CT molecular complexity index is 3050. The highest BCUT2D eigenvalue weighted by Gasteiger charge is 2.44. The second-order valence-corrected chi connectivity index (χ2v) is 19.5. The predicted molar refractivity (Wildman–Crippen MR) is 275 cm³/mol. The summed E-state index contributed by atoms with van der Waals surface area (Å²) in [6, 6.07) is 76.9. The minimum absolute atomic E-state index is 0.0207. The van der Waals surface area contributed by atoms with Crippen molar-refractivity contribution in [3.05, 3.63) is 217 Å². The van der Waals surface area contributed by atoms with E-state index in [1.165, 1.54) is 72.2 Å². The van der Waals surface area contributed by atoms with Crippen molar-refractivity contribution < 1.29 is 0 Å². The molecule has 0 N–H and O–H groups in total. The Kier molecular flexibility index (Phi) is 9.40. The first-order valence-electron chi connectivity index (χ1n) is 22.6. The van der Waals surface area contributed by atoms with Gasteiger partial charge in [0.15, 0.2) is 0 Å². The maximum atomic E-state index is 2.52. The highest BCUT2D eigenvalue weighted by atomic mass is 15.2. The van der Waals surface area contributed by atoms with E-state index in [2.05, 4.69) is 262 Å². The van der Waals surface area contributed by atoms with Gasteiger partial charge in [-0.05, 0) is 127 Å². The molecule has 0 bridgehead atoms. The molecule has 9 aromatic carbocycles. The molecule has 2 aliphatic heterocycles. The van der Waals surface area contributed by atoms with Gasteiger partial charge in [-0.25, -0.2) is 0 Å². The highest BCUT2D eigenvalue weighted by molar-refractivity contribution is 7.00. The molecule has 9 aromatic rings. The van der Waals surface area contributed by atoms with Gasteiger partial charge in [0.25, 0.3) is 6.71 Å². The minimum Gasteiger partial charge on any atom is -0.311 e. The van der Waals surface area contributed by atoms with E-state index in [4.69, 9.17) is 0 Å². The molecule has 0 aliphatic carbocycles. The highest BCUT2D eigenvalue weighted by Crippen LogP contribution is 2.50. The third-order valence-corrected chi connectivity index (χ3v) is 13.3. The Balaban J connectivity index is 1.25. The van der Waals surface area contributed by atoms with Gasteiger partial charge in [-0.15, -0.1) is 0 Å². The van der Waals surface area contributed by atoms with Crippen molar-refractivity contribution in [1.82, 2.24) is 0 Å². The van der Waals surface area contributed by atoms with Crippen LogP contribution in [0.2, 0.25) is 0 Å². The van der Waals surface area contributed by atoms with Gasteiger partial charge in [-0.1, -0.05) is 175 Å². The molecule has 0 aromatic heterocycles. The Morgan fingerprint density at radius 3 is 1.33 bits per heavy atom.